The second kappa shape index (κ2) is 21.1. The zero-order valence-electron chi connectivity index (χ0n) is 53.1. The lowest BCUT2D eigenvalue weighted by Crippen LogP contribution is -2.38. The van der Waals surface area contributed by atoms with Crippen molar-refractivity contribution in [2.45, 2.75) is 147 Å². The van der Waals surface area contributed by atoms with Crippen LogP contribution in [-0.2, 0) is 27.1 Å². The maximum atomic E-state index is 2.65. The molecule has 0 amide bonds. The van der Waals surface area contributed by atoms with Crippen LogP contribution in [0.15, 0.2) is 228 Å². The molecule has 1 unspecified atom stereocenters. The van der Waals surface area contributed by atoms with Gasteiger partial charge in [0, 0.05) is 43.6 Å². The van der Waals surface area contributed by atoms with Crippen LogP contribution in [0.5, 0.6) is 0 Å². The molecule has 0 aromatic heterocycles. The van der Waals surface area contributed by atoms with E-state index in [0.717, 1.165) is 28.4 Å². The Bertz CT molecular complexity index is 4140. The Hall–Kier alpha value is -7.63. The lowest BCUT2D eigenvalue weighted by Gasteiger charge is -2.38. The first-order chi connectivity index (χ1) is 40.2. The van der Waals surface area contributed by atoms with Gasteiger partial charge in [-0.15, -0.1) is 0 Å². The fourth-order valence-corrected chi connectivity index (χ4v) is 15.6. The van der Waals surface area contributed by atoms with E-state index in [4.69, 9.17) is 0 Å². The van der Waals surface area contributed by atoms with Gasteiger partial charge >= 0.3 is 0 Å². The summed E-state index contributed by atoms with van der Waals surface area (Å²) >= 11 is 1.84. The minimum absolute atomic E-state index is 0.00383. The molecule has 0 bridgehead atoms. The molecule has 0 saturated carbocycles. The molecular weight excluding hydrogens is 1060 g/mol. The number of fused-ring (bicyclic) bond motifs is 7. The molecule has 0 aliphatic heterocycles. The third kappa shape index (κ3) is 10.3. The number of nitrogens with zero attached hydrogens (tertiary/aromatic N) is 2. The Labute approximate surface area is 514 Å². The summed E-state index contributed by atoms with van der Waals surface area (Å²) in [6, 6.07) is 85.1. The van der Waals surface area contributed by atoms with Gasteiger partial charge in [-0.2, -0.15) is 0 Å². The molecule has 0 heterocycles. The van der Waals surface area contributed by atoms with E-state index in [2.05, 4.69) is 338 Å². The number of rotatable bonds is 11. The predicted octanol–water partition coefficient (Wildman–Crippen LogP) is 22.5. The van der Waals surface area contributed by atoms with E-state index < -0.39 is 13.5 Å². The Kier molecular flexibility index (Phi) is 14.3. The molecule has 10 aromatic rings. The molecule has 12 rings (SSSR count). The highest BCUT2D eigenvalue weighted by molar-refractivity contribution is 7.99. The second-order valence-corrected chi connectivity index (χ2v) is 35.1. The van der Waals surface area contributed by atoms with Gasteiger partial charge in [-0.05, 0) is 205 Å². The molecule has 2 nitrogen and oxygen atoms in total. The molecular formula is C81H84N2SSi. The minimum Gasteiger partial charge on any atom is -0.310 e. The van der Waals surface area contributed by atoms with E-state index in [9.17, 15) is 0 Å². The smallest absolute Gasteiger partial charge is 0.0775 e. The molecule has 0 saturated heterocycles. The standard InChI is InChI=1S/C81H84N2SSi/c1-53-21-19-23-62(49-53)82(60-37-27-55(28-38-60)77(3,4)5)64-41-48-69-71(51-64)81(59-35-46-67(47-36-59)85(14,15)16,58-33-44-66(45-34-58)84-65-42-31-57(32-43-65)79(9,10)11)72-52-73(76-75(74(69)72)68-25-17-18-26-70(68)80(76,12)13)83(63-24-20-22-54(2)50-63)61-39-29-56(30-40-61)78(6,7)8/h17-52H,1-16H3. The summed E-state index contributed by atoms with van der Waals surface area (Å²) < 4.78 is 0. The van der Waals surface area contributed by atoms with Gasteiger partial charge in [0.15, 0.2) is 0 Å². The van der Waals surface area contributed by atoms with Crippen molar-refractivity contribution in [2.75, 3.05) is 9.80 Å². The summed E-state index contributed by atoms with van der Waals surface area (Å²) in [4.78, 5) is 7.52. The molecule has 10 aromatic carbocycles. The van der Waals surface area contributed by atoms with Crippen LogP contribution in [0.4, 0.5) is 34.1 Å². The number of hydrogen-bond acceptors (Lipinski definition) is 3. The minimum atomic E-state index is -1.73. The number of aryl methyl sites for hydroxylation is 2. The van der Waals surface area contributed by atoms with Crippen LogP contribution in [-0.4, -0.2) is 8.07 Å². The van der Waals surface area contributed by atoms with Crippen molar-refractivity contribution in [3.63, 3.8) is 0 Å². The molecule has 2 aliphatic rings. The van der Waals surface area contributed by atoms with Gasteiger partial charge in [0.2, 0.25) is 0 Å². The van der Waals surface area contributed by atoms with Crippen LogP contribution in [0, 0.1) is 13.8 Å². The van der Waals surface area contributed by atoms with Crippen LogP contribution in [0.1, 0.15) is 137 Å². The van der Waals surface area contributed by atoms with Crippen molar-refractivity contribution in [1.29, 1.82) is 0 Å². The number of benzene rings is 10. The van der Waals surface area contributed by atoms with Gasteiger partial charge < -0.3 is 9.80 Å². The van der Waals surface area contributed by atoms with Gasteiger partial charge in [-0.1, -0.05) is 240 Å². The molecule has 0 N–H and O–H groups in total. The first kappa shape index (κ1) is 57.8. The van der Waals surface area contributed by atoms with Crippen LogP contribution < -0.4 is 15.0 Å². The maximum absolute atomic E-state index is 2.65. The second-order valence-electron chi connectivity index (χ2n) is 28.9. The average molecular weight is 1150 g/mol. The van der Waals surface area contributed by atoms with E-state index in [1.54, 1.807) is 0 Å². The summed E-state index contributed by atoms with van der Waals surface area (Å²) in [6.45, 7) is 37.4. The Morgan fingerprint density at radius 1 is 0.376 bits per heavy atom. The van der Waals surface area contributed by atoms with Gasteiger partial charge in [0.1, 0.15) is 0 Å². The van der Waals surface area contributed by atoms with Crippen molar-refractivity contribution in [1.82, 2.24) is 0 Å². The van der Waals surface area contributed by atoms with Crippen molar-refractivity contribution in [2.24, 2.45) is 0 Å². The molecule has 4 heteroatoms. The van der Waals surface area contributed by atoms with E-state index in [0.29, 0.717) is 0 Å². The predicted molar refractivity (Wildman–Crippen MR) is 370 cm³/mol. The number of anilines is 6. The molecule has 0 radical (unpaired) electrons. The van der Waals surface area contributed by atoms with E-state index in [1.807, 2.05) is 11.8 Å². The lowest BCUT2D eigenvalue weighted by molar-refractivity contribution is 0.589. The summed E-state index contributed by atoms with van der Waals surface area (Å²) in [5.41, 5.74) is 25.2. The SMILES string of the molecule is Cc1cccc(N(c2ccc(C(C)(C)C)cc2)c2ccc3c(c2)C(c2ccc(Sc4ccc(C(C)(C)C)cc4)cc2)(c2ccc([Si](C)(C)C)cc2)c2cc(N(c4ccc(C(C)(C)C)cc4)c4cccc(C)c4)c4c(c2-3)-c2ccccc2C4(C)C)c1. The van der Waals surface area contributed by atoms with Gasteiger partial charge in [0.05, 0.1) is 19.2 Å². The van der Waals surface area contributed by atoms with E-state index in [1.165, 1.54) is 104 Å². The normalized spacial score (nSPS) is 15.2. The molecule has 2 aliphatic carbocycles. The molecule has 1 atom stereocenters. The fraction of sp³-hybridized carbons (Fsp3) is 0.259. The Morgan fingerprint density at radius 3 is 1.32 bits per heavy atom. The summed E-state index contributed by atoms with van der Waals surface area (Å²) in [7, 11) is -1.73. The van der Waals surface area contributed by atoms with Crippen molar-refractivity contribution < 1.29 is 0 Å². The van der Waals surface area contributed by atoms with Crippen LogP contribution in [0.3, 0.4) is 0 Å². The lowest BCUT2D eigenvalue weighted by atomic mass is 9.67. The highest BCUT2D eigenvalue weighted by Crippen LogP contribution is 2.66. The average Bonchev–Trinajstić information content (AvgIpc) is 1.55. The largest absolute Gasteiger partial charge is 0.310 e. The maximum Gasteiger partial charge on any atom is 0.0775 e. The Balaban J connectivity index is 1.21. The molecule has 428 valence electrons. The quantitative estimate of drug-likeness (QED) is 0.119. The first-order valence-electron chi connectivity index (χ1n) is 30.6. The molecule has 85 heavy (non-hydrogen) atoms. The van der Waals surface area contributed by atoms with E-state index >= 15 is 0 Å². The zero-order valence-corrected chi connectivity index (χ0v) is 54.9. The summed E-state index contributed by atoms with van der Waals surface area (Å²) in [5, 5.41) is 1.45. The summed E-state index contributed by atoms with van der Waals surface area (Å²) in [5.74, 6) is 0. The molecule has 0 fully saturated rings. The van der Waals surface area contributed by atoms with Gasteiger partial charge in [-0.25, -0.2) is 0 Å². The zero-order chi connectivity index (χ0) is 60.2. The fourth-order valence-electron chi connectivity index (χ4n) is 13.6. The third-order valence-electron chi connectivity index (χ3n) is 18.3. The highest BCUT2D eigenvalue weighted by atomic mass is 32.2. The van der Waals surface area contributed by atoms with Gasteiger partial charge in [-0.3, -0.25) is 0 Å². The highest BCUT2D eigenvalue weighted by Gasteiger charge is 2.52. The number of hydrogen-bond donors (Lipinski definition) is 0. The first-order valence-corrected chi connectivity index (χ1v) is 35.0. The molecule has 0 spiro atoms. The van der Waals surface area contributed by atoms with Crippen molar-refractivity contribution in [3.05, 3.63) is 280 Å². The third-order valence-corrected chi connectivity index (χ3v) is 21.4. The van der Waals surface area contributed by atoms with Gasteiger partial charge in [0.25, 0.3) is 0 Å². The van der Waals surface area contributed by atoms with Crippen LogP contribution >= 0.6 is 11.8 Å². The Morgan fingerprint density at radius 2 is 0.812 bits per heavy atom. The topological polar surface area (TPSA) is 6.48 Å². The summed E-state index contributed by atoms with van der Waals surface area (Å²) in [6.07, 6.45) is 0. The van der Waals surface area contributed by atoms with Crippen LogP contribution in [0.25, 0.3) is 22.3 Å². The van der Waals surface area contributed by atoms with E-state index in [-0.39, 0.29) is 21.7 Å². The van der Waals surface area contributed by atoms with Crippen molar-refractivity contribution >= 4 is 59.1 Å². The van der Waals surface area contributed by atoms with Crippen LogP contribution in [0.2, 0.25) is 19.6 Å². The monoisotopic (exact) mass is 1140 g/mol. The van der Waals surface area contributed by atoms with Crippen molar-refractivity contribution in [3.8, 4) is 22.3 Å².